The van der Waals surface area contributed by atoms with E-state index >= 15 is 0 Å². The summed E-state index contributed by atoms with van der Waals surface area (Å²) in [4.78, 5) is 26.9. The van der Waals surface area contributed by atoms with Crippen LogP contribution in [0.4, 0.5) is 0 Å². The fraction of sp³-hybridized carbons (Fsp3) is 0.105. The highest BCUT2D eigenvalue weighted by molar-refractivity contribution is 5.90. The molecule has 24 heavy (non-hydrogen) atoms. The van der Waals surface area contributed by atoms with Crippen LogP contribution >= 0.6 is 0 Å². The van der Waals surface area contributed by atoms with Crippen LogP contribution in [-0.4, -0.2) is 16.1 Å². The van der Waals surface area contributed by atoms with Crippen LogP contribution in [0.25, 0.3) is 16.8 Å². The number of aromatic amines is 1. The Morgan fingerprint density at radius 1 is 1.00 bits per heavy atom. The molecular weight excluding hydrogens is 304 g/mol. The molecule has 5 nitrogen and oxygen atoms in total. The highest BCUT2D eigenvalue weighted by Gasteiger charge is 2.24. The van der Waals surface area contributed by atoms with Crippen LogP contribution in [0, 0.1) is 13.8 Å². The van der Waals surface area contributed by atoms with E-state index < -0.39 is 5.97 Å². The molecule has 2 aromatic carbocycles. The van der Waals surface area contributed by atoms with Crippen molar-refractivity contribution in [2.24, 2.45) is 0 Å². The van der Waals surface area contributed by atoms with E-state index in [1.54, 1.807) is 35.8 Å². The molecule has 0 aliphatic heterocycles. The maximum Gasteiger partial charge on any atom is 0.343 e. The molecule has 3 rings (SSSR count). The van der Waals surface area contributed by atoms with E-state index in [1.165, 1.54) is 0 Å². The number of hydrogen-bond donors (Lipinski definition) is 2. The number of H-pyrrole nitrogens is 1. The van der Waals surface area contributed by atoms with Crippen molar-refractivity contribution in [2.45, 2.75) is 13.8 Å². The first-order valence-corrected chi connectivity index (χ1v) is 7.54. The van der Waals surface area contributed by atoms with Gasteiger partial charge in [0.1, 0.15) is 22.5 Å². The zero-order valence-electron chi connectivity index (χ0n) is 13.4. The zero-order chi connectivity index (χ0) is 17.3. The maximum absolute atomic E-state index is 12.5. The number of carboxylic acids is 1. The van der Waals surface area contributed by atoms with Crippen LogP contribution in [-0.2, 0) is 0 Å². The standard InChI is InChI=1S/C19H16N2O3/c1-12-17(14-8-4-3-5-9-14)18(22)20-13(2)21(12)16-11-7-6-10-15(16)19(23)24/h3-11H,1-2H3,(H,23,24)/p+1. The summed E-state index contributed by atoms with van der Waals surface area (Å²) < 4.78 is 1.77. The molecule has 0 atom stereocenters. The summed E-state index contributed by atoms with van der Waals surface area (Å²) in [5.41, 5.74) is 2.52. The summed E-state index contributed by atoms with van der Waals surface area (Å²) in [6.07, 6.45) is 0. The van der Waals surface area contributed by atoms with Gasteiger partial charge in [0.25, 0.3) is 5.82 Å². The van der Waals surface area contributed by atoms with Crippen molar-refractivity contribution in [3.05, 3.63) is 82.0 Å². The van der Waals surface area contributed by atoms with Gasteiger partial charge in [-0.15, -0.1) is 0 Å². The highest BCUT2D eigenvalue weighted by atomic mass is 16.4. The van der Waals surface area contributed by atoms with Crippen molar-refractivity contribution in [3.8, 4) is 16.8 Å². The maximum atomic E-state index is 12.5. The molecule has 0 spiro atoms. The number of para-hydroxylation sites is 1. The molecule has 0 radical (unpaired) electrons. The summed E-state index contributed by atoms with van der Waals surface area (Å²) in [7, 11) is 0. The molecule has 1 aromatic heterocycles. The van der Waals surface area contributed by atoms with Crippen molar-refractivity contribution in [1.29, 1.82) is 0 Å². The van der Waals surface area contributed by atoms with Crippen molar-refractivity contribution in [2.75, 3.05) is 0 Å². The van der Waals surface area contributed by atoms with E-state index in [9.17, 15) is 14.7 Å². The number of nitrogens with zero attached hydrogens (tertiary/aromatic N) is 1. The number of aromatic nitrogens is 2. The number of aromatic carboxylic acids is 1. The molecule has 0 aliphatic rings. The molecule has 120 valence electrons. The predicted molar refractivity (Wildman–Crippen MR) is 90.5 cm³/mol. The van der Waals surface area contributed by atoms with Gasteiger partial charge in [-0.25, -0.2) is 14.6 Å². The van der Waals surface area contributed by atoms with Gasteiger partial charge in [-0.1, -0.05) is 42.5 Å². The summed E-state index contributed by atoms with van der Waals surface area (Å²) in [5.74, 6) is -0.435. The van der Waals surface area contributed by atoms with Gasteiger partial charge in [0.2, 0.25) is 0 Å². The Morgan fingerprint density at radius 3 is 2.29 bits per heavy atom. The first kappa shape index (κ1) is 15.7. The van der Waals surface area contributed by atoms with Gasteiger partial charge in [0, 0.05) is 6.92 Å². The van der Waals surface area contributed by atoms with Crippen molar-refractivity contribution < 1.29 is 14.5 Å². The van der Waals surface area contributed by atoms with Gasteiger partial charge >= 0.3 is 11.5 Å². The number of carboxylic acid groups (broad SMARTS) is 1. The normalized spacial score (nSPS) is 10.6. The van der Waals surface area contributed by atoms with E-state index in [1.807, 2.05) is 37.3 Å². The van der Waals surface area contributed by atoms with Crippen molar-refractivity contribution in [1.82, 2.24) is 4.98 Å². The smallest absolute Gasteiger partial charge is 0.343 e. The highest BCUT2D eigenvalue weighted by Crippen LogP contribution is 2.19. The molecule has 1 heterocycles. The molecule has 0 amide bonds. The third kappa shape index (κ3) is 2.60. The molecule has 0 saturated carbocycles. The van der Waals surface area contributed by atoms with Gasteiger partial charge in [0.05, 0.1) is 0 Å². The Kier molecular flexibility index (Phi) is 4.00. The van der Waals surface area contributed by atoms with Crippen molar-refractivity contribution in [3.63, 3.8) is 0 Å². The summed E-state index contributed by atoms with van der Waals surface area (Å²) in [6, 6.07) is 16.1. The lowest BCUT2D eigenvalue weighted by molar-refractivity contribution is -0.612. The molecule has 5 heteroatoms. The van der Waals surface area contributed by atoms with Gasteiger partial charge in [-0.05, 0) is 24.6 Å². The van der Waals surface area contributed by atoms with E-state index in [2.05, 4.69) is 4.98 Å². The number of rotatable bonds is 3. The van der Waals surface area contributed by atoms with Crippen LogP contribution in [0.15, 0.2) is 59.4 Å². The first-order valence-electron chi connectivity index (χ1n) is 7.54. The molecule has 2 N–H and O–H groups in total. The molecule has 3 aromatic rings. The summed E-state index contributed by atoms with van der Waals surface area (Å²) in [5, 5.41) is 9.46. The van der Waals surface area contributed by atoms with Crippen LogP contribution in [0.2, 0.25) is 0 Å². The lowest BCUT2D eigenvalue weighted by Gasteiger charge is -2.12. The lowest BCUT2D eigenvalue weighted by atomic mass is 10.0. The lowest BCUT2D eigenvalue weighted by Crippen LogP contribution is -2.43. The van der Waals surface area contributed by atoms with E-state index in [0.29, 0.717) is 22.8 Å². The monoisotopic (exact) mass is 321 g/mol. The third-order valence-electron chi connectivity index (χ3n) is 3.99. The van der Waals surface area contributed by atoms with Gasteiger partial charge in [0.15, 0.2) is 0 Å². The minimum absolute atomic E-state index is 0.180. The predicted octanol–water partition coefficient (Wildman–Crippen LogP) is 2.63. The average Bonchev–Trinajstić information content (AvgIpc) is 2.55. The second-order valence-electron chi connectivity index (χ2n) is 5.52. The summed E-state index contributed by atoms with van der Waals surface area (Å²) in [6.45, 7) is 3.57. The van der Waals surface area contributed by atoms with Crippen molar-refractivity contribution >= 4 is 5.97 Å². The van der Waals surface area contributed by atoms with Gasteiger partial charge < -0.3 is 5.11 Å². The number of hydrogen-bond acceptors (Lipinski definition) is 2. The third-order valence-corrected chi connectivity index (χ3v) is 3.99. The Labute approximate surface area is 138 Å². The van der Waals surface area contributed by atoms with Crippen LogP contribution in [0.3, 0.4) is 0 Å². The fourth-order valence-corrected chi connectivity index (χ4v) is 2.97. The molecule has 0 saturated heterocycles. The molecule has 0 unspecified atom stereocenters. The van der Waals surface area contributed by atoms with Gasteiger partial charge in [-0.3, -0.25) is 0 Å². The minimum Gasteiger partial charge on any atom is -0.478 e. The molecular formula is C19H17N2O3+. The SMILES string of the molecule is Cc1[nH]c(=O)c(-c2ccccc2)c(C)[n+]1-c1ccccc1C(=O)O. The Bertz CT molecular complexity index is 976. The Morgan fingerprint density at radius 2 is 1.62 bits per heavy atom. The average molecular weight is 321 g/mol. The first-order chi connectivity index (χ1) is 11.5. The van der Waals surface area contributed by atoms with Crippen LogP contribution in [0.5, 0.6) is 0 Å². The van der Waals surface area contributed by atoms with Crippen LogP contribution in [0.1, 0.15) is 21.9 Å². The topological polar surface area (TPSA) is 74.0 Å². The zero-order valence-corrected chi connectivity index (χ0v) is 13.4. The fourth-order valence-electron chi connectivity index (χ4n) is 2.97. The number of carbonyl (C=O) groups is 1. The second kappa shape index (κ2) is 6.12. The van der Waals surface area contributed by atoms with E-state index in [-0.39, 0.29) is 11.1 Å². The molecule has 0 fully saturated rings. The minimum atomic E-state index is -1.01. The Hall–Kier alpha value is -3.21. The van der Waals surface area contributed by atoms with E-state index in [4.69, 9.17) is 0 Å². The second-order valence-corrected chi connectivity index (χ2v) is 5.52. The molecule has 0 bridgehead atoms. The number of benzene rings is 2. The van der Waals surface area contributed by atoms with Crippen LogP contribution < -0.4 is 10.1 Å². The molecule has 0 aliphatic carbocycles. The number of aryl methyl sites for hydroxylation is 1. The van der Waals surface area contributed by atoms with Gasteiger partial charge in [-0.2, -0.15) is 4.57 Å². The largest absolute Gasteiger partial charge is 0.478 e. The quantitative estimate of drug-likeness (QED) is 0.728. The van der Waals surface area contributed by atoms with E-state index in [0.717, 1.165) is 5.56 Å². The number of nitrogens with one attached hydrogen (secondary N) is 1. The summed E-state index contributed by atoms with van der Waals surface area (Å²) >= 11 is 0. The Balaban J connectivity index is 2.36.